The molecule has 1 aromatic carbocycles. The van der Waals surface area contributed by atoms with Gasteiger partial charge in [0.15, 0.2) is 5.78 Å². The third-order valence-corrected chi connectivity index (χ3v) is 3.25. The van der Waals surface area contributed by atoms with Crippen LogP contribution in [0.1, 0.15) is 16.8 Å². The van der Waals surface area contributed by atoms with E-state index < -0.39 is 5.82 Å². The fourth-order valence-corrected chi connectivity index (χ4v) is 1.98. The van der Waals surface area contributed by atoms with E-state index in [0.717, 1.165) is 0 Å². The van der Waals surface area contributed by atoms with Crippen LogP contribution in [0.5, 0.6) is 0 Å². The van der Waals surface area contributed by atoms with E-state index in [2.05, 4.69) is 0 Å². The Bertz CT molecular complexity index is 542. The second-order valence-corrected chi connectivity index (χ2v) is 4.75. The molecule has 0 atom stereocenters. The van der Waals surface area contributed by atoms with Crippen molar-refractivity contribution in [2.45, 2.75) is 6.42 Å². The van der Waals surface area contributed by atoms with Gasteiger partial charge < -0.3 is 9.80 Å². The van der Waals surface area contributed by atoms with E-state index >= 15 is 0 Å². The third kappa shape index (κ3) is 3.20. The molecule has 0 radical (unpaired) electrons. The number of benzene rings is 1. The molecule has 6 heteroatoms. The molecule has 0 bridgehead atoms. The summed E-state index contributed by atoms with van der Waals surface area (Å²) in [4.78, 5) is 37.9. The van der Waals surface area contributed by atoms with Crippen molar-refractivity contribution in [3.05, 3.63) is 35.6 Å². The van der Waals surface area contributed by atoms with Crippen LogP contribution in [0.3, 0.4) is 0 Å². The quantitative estimate of drug-likeness (QED) is 0.762. The van der Waals surface area contributed by atoms with Gasteiger partial charge in [0, 0.05) is 25.6 Å². The fraction of sp³-hybridized carbons (Fsp3) is 0.357. The number of hydrogen-bond acceptors (Lipinski definition) is 3. The van der Waals surface area contributed by atoms with E-state index in [4.69, 9.17) is 0 Å². The molecule has 106 valence electrons. The molecule has 0 spiro atoms. The Morgan fingerprint density at radius 2 is 1.80 bits per heavy atom. The van der Waals surface area contributed by atoms with Gasteiger partial charge >= 0.3 is 0 Å². The average Bonchev–Trinajstić information content (AvgIpc) is 2.42. The van der Waals surface area contributed by atoms with Gasteiger partial charge in [0.2, 0.25) is 11.8 Å². The van der Waals surface area contributed by atoms with Crippen LogP contribution in [-0.4, -0.2) is 54.1 Å². The highest BCUT2D eigenvalue weighted by Crippen LogP contribution is 2.08. The summed E-state index contributed by atoms with van der Waals surface area (Å²) < 4.78 is 12.8. The lowest BCUT2D eigenvalue weighted by molar-refractivity contribution is -0.148. The van der Waals surface area contributed by atoms with E-state index in [1.807, 2.05) is 0 Å². The Balaban J connectivity index is 1.91. The number of likely N-dealkylation sites (N-methyl/N-ethyl adjacent to an activating group) is 1. The number of carbonyl (C=O) groups is 3. The number of rotatable bonds is 4. The number of piperazine rings is 1. The molecule has 1 aromatic rings. The number of Topliss-reactive ketones (excluding diaryl/α,β-unsaturated/α-hetero) is 1. The highest BCUT2D eigenvalue weighted by atomic mass is 19.1. The molecule has 1 fully saturated rings. The molecular formula is C14H15FN2O3. The molecule has 0 saturated carbocycles. The predicted molar refractivity (Wildman–Crippen MR) is 69.6 cm³/mol. The van der Waals surface area contributed by atoms with Gasteiger partial charge in [-0.25, -0.2) is 4.39 Å². The Morgan fingerprint density at radius 3 is 2.45 bits per heavy atom. The van der Waals surface area contributed by atoms with Crippen molar-refractivity contribution in [3.63, 3.8) is 0 Å². The molecule has 20 heavy (non-hydrogen) atoms. The lowest BCUT2D eigenvalue weighted by Gasteiger charge is -2.31. The number of ketones is 1. The van der Waals surface area contributed by atoms with E-state index in [1.165, 1.54) is 34.1 Å². The van der Waals surface area contributed by atoms with Crippen LogP contribution in [0.2, 0.25) is 0 Å². The summed E-state index contributed by atoms with van der Waals surface area (Å²) in [5.41, 5.74) is 0.402. The molecule has 1 aliphatic rings. The van der Waals surface area contributed by atoms with Crippen molar-refractivity contribution < 1.29 is 18.8 Å². The Labute approximate surface area is 116 Å². The summed E-state index contributed by atoms with van der Waals surface area (Å²) in [6.45, 7) is 0.254. The zero-order chi connectivity index (χ0) is 14.7. The minimum atomic E-state index is -0.401. The minimum absolute atomic E-state index is 0.00598. The van der Waals surface area contributed by atoms with Crippen LogP contribution in [-0.2, 0) is 9.59 Å². The molecule has 0 N–H and O–H groups in total. The maximum Gasteiger partial charge on any atom is 0.242 e. The van der Waals surface area contributed by atoms with Crippen molar-refractivity contribution >= 4 is 17.6 Å². The van der Waals surface area contributed by atoms with Gasteiger partial charge in [0.25, 0.3) is 0 Å². The monoisotopic (exact) mass is 278 g/mol. The standard InChI is InChI=1S/C14H15FN2O3/c1-16-8-14(20)17(9-13(16)19)7-6-12(18)10-2-4-11(15)5-3-10/h2-5H,6-9H2,1H3. The van der Waals surface area contributed by atoms with E-state index in [9.17, 15) is 18.8 Å². The Morgan fingerprint density at radius 1 is 1.15 bits per heavy atom. The number of nitrogens with zero attached hydrogens (tertiary/aromatic N) is 2. The number of hydrogen-bond donors (Lipinski definition) is 0. The van der Waals surface area contributed by atoms with Crippen LogP contribution >= 0.6 is 0 Å². The number of amides is 2. The average molecular weight is 278 g/mol. The predicted octanol–water partition coefficient (Wildman–Crippen LogP) is 0.699. The minimum Gasteiger partial charge on any atom is -0.335 e. The smallest absolute Gasteiger partial charge is 0.242 e. The Kier molecular flexibility index (Phi) is 4.12. The van der Waals surface area contributed by atoms with Gasteiger partial charge in [-0.3, -0.25) is 14.4 Å². The van der Waals surface area contributed by atoms with E-state index in [0.29, 0.717) is 5.56 Å². The number of halogens is 1. The van der Waals surface area contributed by atoms with Crippen molar-refractivity contribution in [1.82, 2.24) is 9.80 Å². The molecule has 1 saturated heterocycles. The van der Waals surface area contributed by atoms with Crippen LogP contribution in [0, 0.1) is 5.82 Å². The van der Waals surface area contributed by atoms with Crippen LogP contribution in [0.25, 0.3) is 0 Å². The molecule has 0 aromatic heterocycles. The number of carbonyl (C=O) groups excluding carboxylic acids is 3. The van der Waals surface area contributed by atoms with Gasteiger partial charge in [-0.05, 0) is 24.3 Å². The Hall–Kier alpha value is -2.24. The largest absolute Gasteiger partial charge is 0.335 e. The van der Waals surface area contributed by atoms with Crippen molar-refractivity contribution in [3.8, 4) is 0 Å². The topological polar surface area (TPSA) is 57.7 Å². The SMILES string of the molecule is CN1CC(=O)N(CCC(=O)c2ccc(F)cc2)CC1=O. The summed E-state index contributed by atoms with van der Waals surface area (Å²) in [5, 5.41) is 0. The maximum absolute atomic E-state index is 12.8. The van der Waals surface area contributed by atoms with Gasteiger partial charge in [-0.2, -0.15) is 0 Å². The normalized spacial score (nSPS) is 15.7. The lowest BCUT2D eigenvalue weighted by atomic mass is 10.1. The molecule has 2 amide bonds. The summed E-state index contributed by atoms with van der Waals surface area (Å²) in [6.07, 6.45) is 0.119. The van der Waals surface area contributed by atoms with E-state index in [1.54, 1.807) is 7.05 Å². The van der Waals surface area contributed by atoms with Crippen molar-refractivity contribution in [1.29, 1.82) is 0 Å². The first-order chi connectivity index (χ1) is 9.47. The summed E-state index contributed by atoms with van der Waals surface area (Å²) >= 11 is 0. The first kappa shape index (κ1) is 14.2. The third-order valence-electron chi connectivity index (χ3n) is 3.25. The van der Waals surface area contributed by atoms with Crippen LogP contribution in [0.15, 0.2) is 24.3 Å². The van der Waals surface area contributed by atoms with Crippen LogP contribution in [0.4, 0.5) is 4.39 Å². The highest BCUT2D eigenvalue weighted by molar-refractivity contribution is 5.97. The lowest BCUT2D eigenvalue weighted by Crippen LogP contribution is -2.52. The van der Waals surface area contributed by atoms with Crippen molar-refractivity contribution in [2.75, 3.05) is 26.7 Å². The second-order valence-electron chi connectivity index (χ2n) is 4.75. The molecule has 0 aliphatic carbocycles. The summed E-state index contributed by atoms with van der Waals surface area (Å²) in [5.74, 6) is -0.886. The van der Waals surface area contributed by atoms with Gasteiger partial charge in [0.05, 0.1) is 13.1 Å². The van der Waals surface area contributed by atoms with Crippen LogP contribution < -0.4 is 0 Å². The molecule has 2 rings (SSSR count). The molecule has 5 nitrogen and oxygen atoms in total. The highest BCUT2D eigenvalue weighted by Gasteiger charge is 2.27. The second kappa shape index (κ2) is 5.81. The summed E-state index contributed by atoms with van der Waals surface area (Å²) in [6, 6.07) is 5.26. The van der Waals surface area contributed by atoms with Gasteiger partial charge in [-0.1, -0.05) is 0 Å². The van der Waals surface area contributed by atoms with Crippen molar-refractivity contribution in [2.24, 2.45) is 0 Å². The zero-order valence-corrected chi connectivity index (χ0v) is 11.1. The van der Waals surface area contributed by atoms with Gasteiger partial charge in [-0.15, -0.1) is 0 Å². The molecule has 1 heterocycles. The first-order valence-corrected chi connectivity index (χ1v) is 6.28. The van der Waals surface area contributed by atoms with E-state index in [-0.39, 0.29) is 43.7 Å². The van der Waals surface area contributed by atoms with Gasteiger partial charge in [0.1, 0.15) is 5.82 Å². The first-order valence-electron chi connectivity index (χ1n) is 6.28. The maximum atomic E-state index is 12.8. The zero-order valence-electron chi connectivity index (χ0n) is 11.1. The molecule has 1 aliphatic heterocycles. The molecular weight excluding hydrogens is 263 g/mol. The molecule has 0 unspecified atom stereocenters. The summed E-state index contributed by atoms with van der Waals surface area (Å²) in [7, 11) is 1.57. The fourth-order valence-electron chi connectivity index (χ4n) is 1.98.